The van der Waals surface area contributed by atoms with Gasteiger partial charge in [-0.1, -0.05) is 91.0 Å². The number of carbonyl (C=O) groups is 2. The molecule has 9 rings (SSSR count). The van der Waals surface area contributed by atoms with Crippen LogP contribution in [0.4, 0.5) is 0 Å². The van der Waals surface area contributed by atoms with E-state index in [1.165, 1.54) is 24.0 Å². The van der Waals surface area contributed by atoms with Crippen LogP contribution < -0.4 is 9.47 Å². The topological polar surface area (TPSA) is 79.3 Å². The molecule has 2 saturated carbocycles. The van der Waals surface area contributed by atoms with Crippen LogP contribution >= 0.6 is 0 Å². The summed E-state index contributed by atoms with van der Waals surface area (Å²) in [6, 6.07) is 32.5. The van der Waals surface area contributed by atoms with Crippen LogP contribution in [0.1, 0.15) is 96.3 Å². The molecular weight excluding hydrogens is 673 g/mol. The number of aromatic hydroxyl groups is 1. The third kappa shape index (κ3) is 6.18. The number of phenols is 1. The van der Waals surface area contributed by atoms with Gasteiger partial charge in [-0.15, -0.1) is 0 Å². The van der Waals surface area contributed by atoms with Crippen LogP contribution in [0, 0.1) is 11.8 Å². The van der Waals surface area contributed by atoms with Crippen LogP contribution in [0.2, 0.25) is 0 Å². The highest BCUT2D eigenvalue weighted by Gasteiger charge is 2.67. The van der Waals surface area contributed by atoms with Crippen LogP contribution in [-0.4, -0.2) is 71.5 Å². The van der Waals surface area contributed by atoms with Gasteiger partial charge in [0.05, 0.1) is 13.2 Å². The number of hydrogen-bond acceptors (Lipinski definition) is 6. The molecule has 2 bridgehead atoms. The summed E-state index contributed by atoms with van der Waals surface area (Å²) in [4.78, 5) is 32.8. The van der Waals surface area contributed by atoms with E-state index in [1.807, 2.05) is 42.5 Å². The lowest BCUT2D eigenvalue weighted by Gasteiger charge is -2.60. The second-order valence-electron chi connectivity index (χ2n) is 16.5. The van der Waals surface area contributed by atoms with E-state index < -0.39 is 0 Å². The highest BCUT2D eigenvalue weighted by atomic mass is 16.5. The van der Waals surface area contributed by atoms with Gasteiger partial charge in [0.2, 0.25) is 5.91 Å². The normalized spacial score (nSPS) is 25.1. The first-order valence-electron chi connectivity index (χ1n) is 20.3. The number of rotatable bonds is 14. The largest absolute Gasteiger partial charge is 0.508 e. The van der Waals surface area contributed by atoms with E-state index in [2.05, 4.69) is 58.3 Å². The number of unbranched alkanes of at least 4 members (excludes halogenated alkanes) is 1. The summed E-state index contributed by atoms with van der Waals surface area (Å²) >= 11 is 0. The van der Waals surface area contributed by atoms with E-state index in [0.29, 0.717) is 55.7 Å². The number of benzene rings is 4. The smallest absolute Gasteiger partial charge is 0.222 e. The van der Waals surface area contributed by atoms with Crippen molar-refractivity contribution in [3.8, 4) is 17.2 Å². The molecule has 3 fully saturated rings. The van der Waals surface area contributed by atoms with Crippen molar-refractivity contribution in [1.82, 2.24) is 9.80 Å². The first-order valence-corrected chi connectivity index (χ1v) is 20.3. The monoisotopic (exact) mass is 724 g/mol. The number of ether oxygens (including phenoxy) is 2. The van der Waals surface area contributed by atoms with Gasteiger partial charge < -0.3 is 19.5 Å². The Hall–Kier alpha value is -4.62. The minimum Gasteiger partial charge on any atom is -0.508 e. The SMILES string of the molecule is COc1cc(O)c2c3c1O[C@H]1[C@H](N(CC(c4ccccc4)c4ccccc4)C(=O)CCCCC(=O)c4ccccc4)CC[C@H]4[C@@H](C2)N(CC2CC2)CC[C@@]341. The maximum absolute atomic E-state index is 14.9. The minimum absolute atomic E-state index is 0.0244. The maximum atomic E-state index is 14.9. The summed E-state index contributed by atoms with van der Waals surface area (Å²) in [6.45, 7) is 2.67. The van der Waals surface area contributed by atoms with Gasteiger partial charge in [-0.2, -0.15) is 0 Å². The maximum Gasteiger partial charge on any atom is 0.222 e. The van der Waals surface area contributed by atoms with Crippen LogP contribution in [0.25, 0.3) is 0 Å². The van der Waals surface area contributed by atoms with Crippen LogP contribution in [0.15, 0.2) is 97.1 Å². The number of ketones is 1. The average molecular weight is 725 g/mol. The number of carbonyl (C=O) groups excluding carboxylic acids is 2. The summed E-state index contributed by atoms with van der Waals surface area (Å²) in [5.74, 6) is 3.04. The van der Waals surface area contributed by atoms with Gasteiger partial charge in [0.15, 0.2) is 17.3 Å². The summed E-state index contributed by atoms with van der Waals surface area (Å²) in [5.41, 5.74) is 4.94. The Morgan fingerprint density at radius 3 is 2.24 bits per heavy atom. The van der Waals surface area contributed by atoms with Crippen LogP contribution in [-0.2, 0) is 16.6 Å². The van der Waals surface area contributed by atoms with Crippen molar-refractivity contribution >= 4 is 11.7 Å². The van der Waals surface area contributed by atoms with Crippen molar-refractivity contribution < 1.29 is 24.2 Å². The number of likely N-dealkylation sites (tertiary alicyclic amines) is 1. The van der Waals surface area contributed by atoms with Crippen molar-refractivity contribution in [3.63, 3.8) is 0 Å². The number of nitrogens with zero attached hydrogens (tertiary/aromatic N) is 2. The van der Waals surface area contributed by atoms with Crippen LogP contribution in [0.3, 0.4) is 0 Å². The number of piperidine rings is 1. The molecule has 3 aliphatic carbocycles. The Bertz CT molecular complexity index is 1940. The summed E-state index contributed by atoms with van der Waals surface area (Å²) in [7, 11) is 1.65. The molecule has 0 radical (unpaired) electrons. The number of methoxy groups -OCH3 is 1. The molecule has 2 heterocycles. The zero-order chi connectivity index (χ0) is 36.8. The number of hydrogen-bond donors (Lipinski definition) is 1. The first kappa shape index (κ1) is 35.1. The van der Waals surface area contributed by atoms with Gasteiger partial charge in [-0.3, -0.25) is 14.5 Å². The van der Waals surface area contributed by atoms with Gasteiger partial charge in [0.25, 0.3) is 0 Å². The molecule has 7 heteroatoms. The molecule has 0 aromatic heterocycles. The molecule has 1 saturated heterocycles. The molecule has 1 amide bonds. The molecule has 4 aromatic carbocycles. The van der Waals surface area contributed by atoms with E-state index in [9.17, 15) is 14.7 Å². The van der Waals surface area contributed by atoms with Crippen molar-refractivity contribution in [1.29, 1.82) is 0 Å². The Kier molecular flexibility index (Phi) is 9.46. The van der Waals surface area contributed by atoms with Crippen molar-refractivity contribution in [2.45, 2.75) is 93.7 Å². The molecule has 1 N–H and O–H groups in total. The molecule has 2 aliphatic heterocycles. The Balaban J connectivity index is 1.07. The van der Waals surface area contributed by atoms with E-state index in [4.69, 9.17) is 9.47 Å². The molecule has 0 unspecified atom stereocenters. The van der Waals surface area contributed by atoms with Gasteiger partial charge >= 0.3 is 0 Å². The second-order valence-corrected chi connectivity index (χ2v) is 16.5. The fourth-order valence-corrected chi connectivity index (χ4v) is 10.8. The Morgan fingerprint density at radius 2 is 1.57 bits per heavy atom. The zero-order valence-electron chi connectivity index (χ0n) is 31.4. The van der Waals surface area contributed by atoms with E-state index in [1.54, 1.807) is 13.2 Å². The fraction of sp³-hybridized carbons (Fsp3) is 0.447. The summed E-state index contributed by atoms with van der Waals surface area (Å²) < 4.78 is 13.1. The zero-order valence-corrected chi connectivity index (χ0v) is 31.4. The molecule has 280 valence electrons. The Labute approximate surface area is 319 Å². The highest BCUT2D eigenvalue weighted by molar-refractivity contribution is 5.96. The highest BCUT2D eigenvalue weighted by Crippen LogP contribution is 2.66. The average Bonchev–Trinajstić information content (AvgIpc) is 3.97. The molecule has 5 atom stereocenters. The predicted molar refractivity (Wildman–Crippen MR) is 209 cm³/mol. The lowest BCUT2D eigenvalue weighted by atomic mass is 9.50. The van der Waals surface area contributed by atoms with Crippen molar-refractivity contribution in [2.75, 3.05) is 26.7 Å². The third-order valence-electron chi connectivity index (χ3n) is 13.5. The molecule has 4 aromatic rings. The second kappa shape index (κ2) is 14.6. The molecule has 7 nitrogen and oxygen atoms in total. The van der Waals surface area contributed by atoms with E-state index >= 15 is 0 Å². The molecule has 1 spiro atoms. The molecular formula is C47H52N2O5. The minimum atomic E-state index is -0.307. The van der Waals surface area contributed by atoms with E-state index in [0.717, 1.165) is 67.1 Å². The fourth-order valence-electron chi connectivity index (χ4n) is 10.8. The molecule has 5 aliphatic rings. The number of Topliss-reactive ketones (excluding diaryl/α,β-unsaturated/α-hetero) is 1. The van der Waals surface area contributed by atoms with Crippen molar-refractivity contribution in [2.24, 2.45) is 11.8 Å². The molecule has 54 heavy (non-hydrogen) atoms. The standard InChI is InChI=1S/C47H52N2O5/c1-53-42-28-41(51)35-27-39-37-23-24-38(46-47(37,44(35)45(42)54-46)25-26-48(39)29-31-21-22-31)49(43(52)20-12-11-19-40(50)34-17-9-4-10-18-34)30-36(32-13-5-2-6-14-32)33-15-7-3-8-16-33/h2-10,13-18,28,31,36-39,46,51H,11-12,19-27,29-30H2,1H3/t37-,38+,39+,46-,47-/m0/s1. The summed E-state index contributed by atoms with van der Waals surface area (Å²) in [6.07, 6.45) is 8.12. The number of amides is 1. The summed E-state index contributed by atoms with van der Waals surface area (Å²) in [5, 5.41) is 11.6. The van der Waals surface area contributed by atoms with Gasteiger partial charge in [-0.25, -0.2) is 0 Å². The van der Waals surface area contributed by atoms with Crippen LogP contribution in [0.5, 0.6) is 17.2 Å². The first-order chi connectivity index (χ1) is 26.5. The van der Waals surface area contributed by atoms with Gasteiger partial charge in [0, 0.05) is 66.1 Å². The Morgan fingerprint density at radius 1 is 0.907 bits per heavy atom. The van der Waals surface area contributed by atoms with E-state index in [-0.39, 0.29) is 35.2 Å². The lowest BCUT2D eigenvalue weighted by Crippen LogP contribution is -2.69. The predicted octanol–water partition coefficient (Wildman–Crippen LogP) is 8.32. The van der Waals surface area contributed by atoms with Gasteiger partial charge in [0.1, 0.15) is 11.9 Å². The lowest BCUT2D eigenvalue weighted by molar-refractivity contribution is -0.143. The quantitative estimate of drug-likeness (QED) is 0.104. The van der Waals surface area contributed by atoms with Gasteiger partial charge in [-0.05, 0) is 80.9 Å². The van der Waals surface area contributed by atoms with Crippen molar-refractivity contribution in [3.05, 3.63) is 125 Å². The third-order valence-corrected chi connectivity index (χ3v) is 13.5. The number of phenolic OH excluding ortho intramolecular Hbond substituents is 1.